The van der Waals surface area contributed by atoms with Crippen LogP contribution >= 0.6 is 0 Å². The first kappa shape index (κ1) is 11.7. The van der Waals surface area contributed by atoms with Crippen molar-refractivity contribution in [2.45, 2.75) is 38.5 Å². The Bertz CT molecular complexity index is 310. The van der Waals surface area contributed by atoms with E-state index in [9.17, 15) is 4.39 Å². The lowest BCUT2D eigenvalue weighted by Crippen LogP contribution is -1.86. The van der Waals surface area contributed by atoms with Crippen LogP contribution in [0.4, 0.5) is 4.39 Å². The second kappa shape index (κ2) is 7.00. The molecule has 0 spiro atoms. The van der Waals surface area contributed by atoms with Crippen LogP contribution < -0.4 is 0 Å². The first-order valence-corrected chi connectivity index (χ1v) is 5.44. The third-order valence-electron chi connectivity index (χ3n) is 2.42. The van der Waals surface area contributed by atoms with Gasteiger partial charge in [-0.25, -0.2) is 4.39 Å². The number of rotatable bonds is 6. The minimum atomic E-state index is -0.173. The van der Waals surface area contributed by atoms with Gasteiger partial charge in [-0.3, -0.25) is 0 Å². The Balaban J connectivity index is 2.10. The van der Waals surface area contributed by atoms with E-state index >= 15 is 0 Å². The van der Waals surface area contributed by atoms with E-state index < -0.39 is 0 Å². The van der Waals surface area contributed by atoms with E-state index in [1.165, 1.54) is 17.7 Å². The van der Waals surface area contributed by atoms with Crippen molar-refractivity contribution in [1.29, 1.82) is 5.26 Å². The molecule has 0 atom stereocenters. The molecule has 0 heterocycles. The van der Waals surface area contributed by atoms with Crippen molar-refractivity contribution in [3.8, 4) is 6.07 Å². The number of hydrogen-bond acceptors (Lipinski definition) is 1. The van der Waals surface area contributed by atoms with E-state index in [1.54, 1.807) is 0 Å². The molecule has 1 nitrogen and oxygen atoms in total. The molecule has 2 heteroatoms. The molecule has 1 rings (SSSR count). The van der Waals surface area contributed by atoms with Gasteiger partial charge in [0.05, 0.1) is 6.07 Å². The highest BCUT2D eigenvalue weighted by Crippen LogP contribution is 2.09. The standard InChI is InChI=1S/C13H16FN/c14-13-9-7-12(8-10-13)6-4-2-1-3-5-11-15/h7-10H,1-6H2. The van der Waals surface area contributed by atoms with Gasteiger partial charge in [0.25, 0.3) is 0 Å². The molecule has 0 aliphatic heterocycles. The highest BCUT2D eigenvalue weighted by Gasteiger charge is 1.94. The van der Waals surface area contributed by atoms with Crippen LogP contribution in [0.5, 0.6) is 0 Å². The fraction of sp³-hybridized carbons (Fsp3) is 0.462. The molecule has 80 valence electrons. The van der Waals surface area contributed by atoms with Crippen molar-refractivity contribution in [1.82, 2.24) is 0 Å². The molecule has 0 saturated heterocycles. The van der Waals surface area contributed by atoms with Gasteiger partial charge in [-0.1, -0.05) is 25.0 Å². The summed E-state index contributed by atoms with van der Waals surface area (Å²) in [6.07, 6.45) is 6.06. The summed E-state index contributed by atoms with van der Waals surface area (Å²) in [7, 11) is 0. The fourth-order valence-corrected chi connectivity index (χ4v) is 1.54. The SMILES string of the molecule is N#CCCCCCCc1ccc(F)cc1. The van der Waals surface area contributed by atoms with E-state index in [1.807, 2.05) is 12.1 Å². The number of benzene rings is 1. The predicted molar refractivity (Wildman–Crippen MR) is 58.8 cm³/mol. The fourth-order valence-electron chi connectivity index (χ4n) is 1.54. The lowest BCUT2D eigenvalue weighted by atomic mass is 10.1. The topological polar surface area (TPSA) is 23.8 Å². The highest BCUT2D eigenvalue weighted by atomic mass is 19.1. The summed E-state index contributed by atoms with van der Waals surface area (Å²) in [4.78, 5) is 0. The quantitative estimate of drug-likeness (QED) is 0.647. The lowest BCUT2D eigenvalue weighted by molar-refractivity contribution is 0.624. The zero-order chi connectivity index (χ0) is 10.9. The molecular weight excluding hydrogens is 189 g/mol. The normalized spacial score (nSPS) is 9.87. The summed E-state index contributed by atoms with van der Waals surface area (Å²) >= 11 is 0. The van der Waals surface area contributed by atoms with Gasteiger partial charge in [0.15, 0.2) is 0 Å². The van der Waals surface area contributed by atoms with Gasteiger partial charge >= 0.3 is 0 Å². The molecule has 0 bridgehead atoms. The minimum Gasteiger partial charge on any atom is -0.207 e. The summed E-state index contributed by atoms with van der Waals surface area (Å²) in [6, 6.07) is 8.83. The third-order valence-corrected chi connectivity index (χ3v) is 2.42. The second-order valence-corrected chi connectivity index (χ2v) is 3.70. The summed E-state index contributed by atoms with van der Waals surface area (Å²) < 4.78 is 12.6. The van der Waals surface area contributed by atoms with E-state index in [-0.39, 0.29) is 5.82 Å². The smallest absolute Gasteiger partial charge is 0.123 e. The number of aryl methyl sites for hydroxylation is 1. The third kappa shape index (κ3) is 5.17. The van der Waals surface area contributed by atoms with Gasteiger partial charge in [0, 0.05) is 6.42 Å². The van der Waals surface area contributed by atoms with Crippen LogP contribution in [0.25, 0.3) is 0 Å². The Kier molecular flexibility index (Phi) is 5.47. The molecule has 0 aliphatic rings. The van der Waals surface area contributed by atoms with Crippen molar-refractivity contribution in [3.63, 3.8) is 0 Å². The first-order chi connectivity index (χ1) is 7.33. The maximum absolute atomic E-state index is 12.6. The molecule has 0 saturated carbocycles. The van der Waals surface area contributed by atoms with Gasteiger partial charge in [-0.05, 0) is 37.0 Å². The zero-order valence-corrected chi connectivity index (χ0v) is 8.88. The number of nitrogens with zero attached hydrogens (tertiary/aromatic N) is 1. The van der Waals surface area contributed by atoms with Crippen LogP contribution in [0.3, 0.4) is 0 Å². The molecular formula is C13H16FN. The maximum atomic E-state index is 12.6. The molecule has 0 fully saturated rings. The Labute approximate surface area is 90.5 Å². The van der Waals surface area contributed by atoms with Crippen LogP contribution in [0.1, 0.15) is 37.7 Å². The largest absolute Gasteiger partial charge is 0.207 e. The lowest BCUT2D eigenvalue weighted by Gasteiger charge is -2.00. The summed E-state index contributed by atoms with van der Waals surface area (Å²) in [5.74, 6) is -0.173. The zero-order valence-electron chi connectivity index (χ0n) is 8.88. The summed E-state index contributed by atoms with van der Waals surface area (Å²) in [5, 5.41) is 8.34. The Morgan fingerprint density at radius 3 is 2.33 bits per heavy atom. The van der Waals surface area contributed by atoms with Crippen LogP contribution in [0.15, 0.2) is 24.3 Å². The minimum absolute atomic E-state index is 0.173. The molecule has 0 unspecified atom stereocenters. The van der Waals surface area contributed by atoms with Gasteiger partial charge in [-0.2, -0.15) is 5.26 Å². The van der Waals surface area contributed by atoms with Crippen molar-refractivity contribution in [3.05, 3.63) is 35.6 Å². The Hall–Kier alpha value is -1.36. The number of unbranched alkanes of at least 4 members (excludes halogenated alkanes) is 4. The van der Waals surface area contributed by atoms with E-state index in [0.717, 1.165) is 32.1 Å². The summed E-state index contributed by atoms with van der Waals surface area (Å²) in [5.41, 5.74) is 1.19. The molecule has 15 heavy (non-hydrogen) atoms. The van der Waals surface area contributed by atoms with Crippen LogP contribution in [-0.4, -0.2) is 0 Å². The van der Waals surface area contributed by atoms with Crippen molar-refractivity contribution < 1.29 is 4.39 Å². The average Bonchev–Trinajstić information content (AvgIpc) is 2.26. The maximum Gasteiger partial charge on any atom is 0.123 e. The average molecular weight is 205 g/mol. The van der Waals surface area contributed by atoms with Crippen LogP contribution in [0, 0.1) is 17.1 Å². The summed E-state index contributed by atoms with van der Waals surface area (Å²) in [6.45, 7) is 0. The highest BCUT2D eigenvalue weighted by molar-refractivity contribution is 5.15. The number of hydrogen-bond donors (Lipinski definition) is 0. The Morgan fingerprint density at radius 2 is 1.67 bits per heavy atom. The second-order valence-electron chi connectivity index (χ2n) is 3.70. The number of nitriles is 1. The molecule has 0 aromatic heterocycles. The predicted octanol–water partition coefficient (Wildman–Crippen LogP) is 3.84. The van der Waals surface area contributed by atoms with Crippen LogP contribution in [0.2, 0.25) is 0 Å². The van der Waals surface area contributed by atoms with Crippen molar-refractivity contribution in [2.24, 2.45) is 0 Å². The van der Waals surface area contributed by atoms with E-state index in [0.29, 0.717) is 6.42 Å². The van der Waals surface area contributed by atoms with E-state index in [4.69, 9.17) is 5.26 Å². The van der Waals surface area contributed by atoms with Crippen molar-refractivity contribution >= 4 is 0 Å². The van der Waals surface area contributed by atoms with Gasteiger partial charge in [-0.15, -0.1) is 0 Å². The molecule has 1 aromatic carbocycles. The molecule has 0 radical (unpaired) electrons. The molecule has 0 amide bonds. The van der Waals surface area contributed by atoms with Gasteiger partial charge in [0.2, 0.25) is 0 Å². The van der Waals surface area contributed by atoms with Crippen LogP contribution in [-0.2, 0) is 6.42 Å². The van der Waals surface area contributed by atoms with Gasteiger partial charge in [0.1, 0.15) is 5.82 Å². The molecule has 0 N–H and O–H groups in total. The van der Waals surface area contributed by atoms with E-state index in [2.05, 4.69) is 6.07 Å². The first-order valence-electron chi connectivity index (χ1n) is 5.44. The van der Waals surface area contributed by atoms with Crippen molar-refractivity contribution in [2.75, 3.05) is 0 Å². The Morgan fingerprint density at radius 1 is 1.00 bits per heavy atom. The number of halogens is 1. The molecule has 0 aliphatic carbocycles. The molecule has 1 aromatic rings. The van der Waals surface area contributed by atoms with Gasteiger partial charge < -0.3 is 0 Å². The monoisotopic (exact) mass is 205 g/mol.